The summed E-state index contributed by atoms with van der Waals surface area (Å²) in [6, 6.07) is 5.85. The van der Waals surface area contributed by atoms with Gasteiger partial charge in [0.05, 0.1) is 26.9 Å². The average Bonchev–Trinajstić information content (AvgIpc) is 3.21. The maximum absolute atomic E-state index is 5.77. The second kappa shape index (κ2) is 12.4. The van der Waals surface area contributed by atoms with E-state index in [0.717, 1.165) is 81.7 Å². The Labute approximate surface area is 162 Å². The van der Waals surface area contributed by atoms with Crippen LogP contribution in [0.3, 0.4) is 0 Å². The van der Waals surface area contributed by atoms with Gasteiger partial charge in [0.25, 0.3) is 0 Å². The van der Waals surface area contributed by atoms with E-state index in [1.54, 1.807) is 14.2 Å². The summed E-state index contributed by atoms with van der Waals surface area (Å²) in [6.07, 6.45) is 2.98. The molecule has 1 unspecified atom stereocenters. The van der Waals surface area contributed by atoms with E-state index in [2.05, 4.69) is 22.5 Å². The fraction of sp³-hybridized carbons (Fsp3) is 0.650. The number of rotatable bonds is 11. The van der Waals surface area contributed by atoms with Crippen LogP contribution in [0, 0.1) is 0 Å². The molecule has 152 valence electrons. The third kappa shape index (κ3) is 7.64. The van der Waals surface area contributed by atoms with Crippen LogP contribution in [0.15, 0.2) is 23.2 Å². The third-order valence-corrected chi connectivity index (χ3v) is 4.33. The van der Waals surface area contributed by atoms with Gasteiger partial charge in [-0.15, -0.1) is 0 Å². The predicted molar refractivity (Wildman–Crippen MR) is 107 cm³/mol. The second-order valence-corrected chi connectivity index (χ2v) is 6.33. The van der Waals surface area contributed by atoms with Gasteiger partial charge in [-0.3, -0.25) is 4.99 Å². The highest BCUT2D eigenvalue weighted by Gasteiger charge is 2.15. The Morgan fingerprint density at radius 1 is 1.26 bits per heavy atom. The third-order valence-electron chi connectivity index (χ3n) is 4.33. The van der Waals surface area contributed by atoms with Crippen molar-refractivity contribution in [1.29, 1.82) is 0 Å². The zero-order chi connectivity index (χ0) is 19.3. The minimum atomic E-state index is 0.262. The largest absolute Gasteiger partial charge is 0.497 e. The van der Waals surface area contributed by atoms with Gasteiger partial charge in [0.2, 0.25) is 0 Å². The zero-order valence-corrected chi connectivity index (χ0v) is 16.8. The van der Waals surface area contributed by atoms with Crippen LogP contribution in [0.2, 0.25) is 0 Å². The van der Waals surface area contributed by atoms with Gasteiger partial charge in [0.15, 0.2) is 5.96 Å². The number of nitrogens with zero attached hydrogens (tertiary/aromatic N) is 1. The van der Waals surface area contributed by atoms with E-state index in [4.69, 9.17) is 18.9 Å². The van der Waals surface area contributed by atoms with E-state index in [-0.39, 0.29) is 6.10 Å². The Hall–Kier alpha value is -1.99. The minimum Gasteiger partial charge on any atom is -0.497 e. The van der Waals surface area contributed by atoms with Crippen molar-refractivity contribution in [2.24, 2.45) is 4.99 Å². The van der Waals surface area contributed by atoms with Gasteiger partial charge in [-0.05, 0) is 49.9 Å². The lowest BCUT2D eigenvalue weighted by atomic mass is 10.1. The van der Waals surface area contributed by atoms with Crippen molar-refractivity contribution in [2.45, 2.75) is 32.3 Å². The quantitative estimate of drug-likeness (QED) is 0.348. The Kier molecular flexibility index (Phi) is 9.79. The summed E-state index contributed by atoms with van der Waals surface area (Å²) in [6.45, 7) is 6.63. The number of methoxy groups -OCH3 is 2. The highest BCUT2D eigenvalue weighted by atomic mass is 16.5. The van der Waals surface area contributed by atoms with Crippen LogP contribution in [-0.4, -0.2) is 65.7 Å². The number of aliphatic imine (C=N–C) groups is 1. The van der Waals surface area contributed by atoms with Crippen molar-refractivity contribution in [3.63, 3.8) is 0 Å². The van der Waals surface area contributed by atoms with Gasteiger partial charge < -0.3 is 29.6 Å². The van der Waals surface area contributed by atoms with E-state index >= 15 is 0 Å². The van der Waals surface area contributed by atoms with Crippen LogP contribution in [-0.2, 0) is 15.9 Å². The summed E-state index contributed by atoms with van der Waals surface area (Å²) in [5.41, 5.74) is 1.10. The Morgan fingerprint density at radius 3 is 2.85 bits per heavy atom. The molecule has 1 aromatic rings. The number of guanidine groups is 1. The van der Waals surface area contributed by atoms with E-state index in [1.165, 1.54) is 0 Å². The molecule has 2 rings (SSSR count). The number of ether oxygens (including phenoxy) is 4. The zero-order valence-electron chi connectivity index (χ0n) is 16.8. The van der Waals surface area contributed by atoms with Crippen molar-refractivity contribution in [3.05, 3.63) is 23.8 Å². The molecule has 1 aliphatic heterocycles. The molecule has 0 aromatic heterocycles. The summed E-state index contributed by atoms with van der Waals surface area (Å²) in [5.74, 6) is 2.52. The van der Waals surface area contributed by atoms with Gasteiger partial charge in [-0.25, -0.2) is 0 Å². The maximum Gasteiger partial charge on any atom is 0.191 e. The molecule has 1 saturated heterocycles. The predicted octanol–water partition coefficient (Wildman–Crippen LogP) is 2.00. The molecule has 7 heteroatoms. The molecule has 0 bridgehead atoms. The molecular weight excluding hydrogens is 346 g/mol. The molecule has 1 heterocycles. The molecule has 0 spiro atoms. The van der Waals surface area contributed by atoms with Crippen molar-refractivity contribution < 1.29 is 18.9 Å². The molecule has 0 aliphatic carbocycles. The first-order chi connectivity index (χ1) is 13.3. The number of hydrogen-bond acceptors (Lipinski definition) is 5. The van der Waals surface area contributed by atoms with Crippen LogP contribution in [0.25, 0.3) is 0 Å². The lowest BCUT2D eigenvalue weighted by Crippen LogP contribution is -2.38. The van der Waals surface area contributed by atoms with Gasteiger partial charge in [-0.1, -0.05) is 0 Å². The van der Waals surface area contributed by atoms with Gasteiger partial charge in [-0.2, -0.15) is 0 Å². The summed E-state index contributed by atoms with van der Waals surface area (Å²) in [7, 11) is 3.35. The summed E-state index contributed by atoms with van der Waals surface area (Å²) in [4.78, 5) is 4.61. The molecule has 0 amide bonds. The first-order valence-electron chi connectivity index (χ1n) is 9.69. The SMILES string of the molecule is CCNC(=NCCCOC1CCOC1)NCCc1cc(OC)ccc1OC. The molecule has 2 N–H and O–H groups in total. The van der Waals surface area contributed by atoms with Crippen molar-refractivity contribution in [2.75, 3.05) is 53.7 Å². The lowest BCUT2D eigenvalue weighted by molar-refractivity contribution is 0.0424. The molecule has 0 saturated carbocycles. The van der Waals surface area contributed by atoms with E-state index in [0.29, 0.717) is 0 Å². The van der Waals surface area contributed by atoms with Gasteiger partial charge in [0.1, 0.15) is 11.5 Å². The van der Waals surface area contributed by atoms with Crippen LogP contribution >= 0.6 is 0 Å². The monoisotopic (exact) mass is 379 g/mol. The average molecular weight is 380 g/mol. The van der Waals surface area contributed by atoms with Crippen LogP contribution in [0.4, 0.5) is 0 Å². The summed E-state index contributed by atoms with van der Waals surface area (Å²) < 4.78 is 21.8. The molecule has 27 heavy (non-hydrogen) atoms. The summed E-state index contributed by atoms with van der Waals surface area (Å²) in [5, 5.41) is 6.65. The minimum absolute atomic E-state index is 0.262. The molecule has 0 radical (unpaired) electrons. The molecule has 1 aromatic carbocycles. The second-order valence-electron chi connectivity index (χ2n) is 6.33. The number of hydrogen-bond donors (Lipinski definition) is 2. The fourth-order valence-electron chi connectivity index (χ4n) is 2.88. The van der Waals surface area contributed by atoms with Crippen LogP contribution in [0.5, 0.6) is 11.5 Å². The number of nitrogens with one attached hydrogen (secondary N) is 2. The molecule has 7 nitrogen and oxygen atoms in total. The lowest BCUT2D eigenvalue weighted by Gasteiger charge is -2.14. The van der Waals surface area contributed by atoms with Crippen LogP contribution in [0.1, 0.15) is 25.3 Å². The Morgan fingerprint density at radius 2 is 2.15 bits per heavy atom. The normalized spacial score (nSPS) is 17.0. The van der Waals surface area contributed by atoms with Crippen molar-refractivity contribution >= 4 is 5.96 Å². The first-order valence-corrected chi connectivity index (χ1v) is 9.69. The van der Waals surface area contributed by atoms with Crippen molar-refractivity contribution in [3.8, 4) is 11.5 Å². The Balaban J connectivity index is 1.74. The smallest absolute Gasteiger partial charge is 0.191 e. The molecular formula is C20H33N3O4. The summed E-state index contributed by atoms with van der Waals surface area (Å²) >= 11 is 0. The highest BCUT2D eigenvalue weighted by molar-refractivity contribution is 5.79. The maximum atomic E-state index is 5.77. The fourth-order valence-corrected chi connectivity index (χ4v) is 2.88. The van der Waals surface area contributed by atoms with E-state index in [1.807, 2.05) is 18.2 Å². The molecule has 1 aliphatic rings. The van der Waals surface area contributed by atoms with Crippen molar-refractivity contribution in [1.82, 2.24) is 10.6 Å². The van der Waals surface area contributed by atoms with Gasteiger partial charge >= 0.3 is 0 Å². The highest BCUT2D eigenvalue weighted by Crippen LogP contribution is 2.24. The van der Waals surface area contributed by atoms with Gasteiger partial charge in [0, 0.05) is 32.8 Å². The van der Waals surface area contributed by atoms with Crippen LogP contribution < -0.4 is 20.1 Å². The Bertz CT molecular complexity index is 574. The molecule has 1 fully saturated rings. The first kappa shape index (κ1) is 21.3. The topological polar surface area (TPSA) is 73.3 Å². The van der Waals surface area contributed by atoms with E-state index in [9.17, 15) is 0 Å². The molecule has 1 atom stereocenters. The standard InChI is InChI=1S/C20H33N3O4/c1-4-21-20(22-10-5-12-27-18-9-13-26-15-18)23-11-8-16-14-17(24-2)6-7-19(16)25-3/h6-7,14,18H,4-5,8-13,15H2,1-3H3,(H2,21,22,23). The van der Waals surface area contributed by atoms with E-state index < -0.39 is 0 Å². The number of benzene rings is 1.